The fraction of sp³-hybridized carbons (Fsp3) is 0.389. The molecule has 1 aliphatic heterocycles. The molecular weight excluding hydrogens is 393 g/mol. The molecule has 1 saturated heterocycles. The molecule has 2 fully saturated rings. The lowest BCUT2D eigenvalue weighted by Gasteiger charge is -2.60. The highest BCUT2D eigenvalue weighted by Gasteiger charge is 2.60. The average Bonchev–Trinajstić information content (AvgIpc) is 3.08. The van der Waals surface area contributed by atoms with Crippen LogP contribution in [0.1, 0.15) is 35.5 Å². The Hall–Kier alpha value is -2.81. The molecule has 2 amide bonds. The highest BCUT2D eigenvalue weighted by Crippen LogP contribution is 2.53. The van der Waals surface area contributed by atoms with Crippen LogP contribution >= 0.6 is 11.6 Å². The van der Waals surface area contributed by atoms with Crippen LogP contribution in [0.25, 0.3) is 0 Å². The van der Waals surface area contributed by atoms with E-state index >= 15 is 0 Å². The zero-order chi connectivity index (χ0) is 19.9. The number of nitrogens with two attached hydrogens (primary N) is 1. The van der Waals surface area contributed by atoms with E-state index in [1.165, 1.54) is 23.1 Å². The predicted octanol–water partition coefficient (Wildman–Crippen LogP) is 3.09. The van der Waals surface area contributed by atoms with Crippen LogP contribution in [0, 0.1) is 11.2 Å². The summed E-state index contributed by atoms with van der Waals surface area (Å²) in [7, 11) is 0. The number of likely N-dealkylation sites (tertiary alicyclic amines) is 1. The third-order valence-electron chi connectivity index (χ3n) is 5.16. The Morgan fingerprint density at radius 1 is 1.39 bits per heavy atom. The standard InChI is InChI=1S/C18H17ClFN3O5/c19-12-3-2-10(6-13(12)20)27-16-18(4-1-5-18)9-23(16)17(25)26-8-11-7-14(15(21)24)22-28-11/h2-3,6-7,16H,1,4-5,8-9H2,(H2,21,24). The maximum atomic E-state index is 13.7. The van der Waals surface area contributed by atoms with Crippen LogP contribution in [0.15, 0.2) is 28.8 Å². The largest absolute Gasteiger partial charge is 0.470 e. The van der Waals surface area contributed by atoms with E-state index in [1.54, 1.807) is 6.07 Å². The third kappa shape index (κ3) is 3.26. The van der Waals surface area contributed by atoms with Gasteiger partial charge in [-0.25, -0.2) is 9.18 Å². The second kappa shape index (κ2) is 6.97. The first-order chi connectivity index (χ1) is 13.4. The Labute approximate surface area is 164 Å². The maximum absolute atomic E-state index is 13.7. The van der Waals surface area contributed by atoms with Crippen LogP contribution in [0.3, 0.4) is 0 Å². The molecule has 148 valence electrons. The van der Waals surface area contributed by atoms with Crippen LogP contribution < -0.4 is 10.5 Å². The SMILES string of the molecule is NC(=O)c1cc(COC(=O)N2CC3(CCC3)C2Oc2ccc(Cl)c(F)c2)on1. The lowest BCUT2D eigenvalue weighted by Crippen LogP contribution is -2.71. The Morgan fingerprint density at radius 3 is 2.79 bits per heavy atom. The number of carbonyl (C=O) groups excluding carboxylic acids is 2. The highest BCUT2D eigenvalue weighted by atomic mass is 35.5. The monoisotopic (exact) mass is 409 g/mol. The summed E-state index contributed by atoms with van der Waals surface area (Å²) in [5.41, 5.74) is 4.91. The Kier molecular flexibility index (Phi) is 4.62. The van der Waals surface area contributed by atoms with Crippen molar-refractivity contribution in [1.82, 2.24) is 10.1 Å². The number of primary amides is 1. The first-order valence-corrected chi connectivity index (χ1v) is 9.06. The van der Waals surface area contributed by atoms with E-state index in [-0.39, 0.29) is 34.2 Å². The van der Waals surface area contributed by atoms with Gasteiger partial charge in [0.1, 0.15) is 11.6 Å². The zero-order valence-electron chi connectivity index (χ0n) is 14.7. The van der Waals surface area contributed by atoms with Crippen LogP contribution in [-0.2, 0) is 11.3 Å². The van der Waals surface area contributed by atoms with Gasteiger partial charge >= 0.3 is 6.09 Å². The molecule has 10 heteroatoms. The number of aromatic nitrogens is 1. The van der Waals surface area contributed by atoms with Crippen molar-refractivity contribution in [1.29, 1.82) is 0 Å². The number of hydrogen-bond acceptors (Lipinski definition) is 6. The van der Waals surface area contributed by atoms with E-state index in [2.05, 4.69) is 5.16 Å². The molecule has 2 N–H and O–H groups in total. The van der Waals surface area contributed by atoms with E-state index in [4.69, 9.17) is 31.3 Å². The summed E-state index contributed by atoms with van der Waals surface area (Å²) in [5.74, 6) is -0.846. The van der Waals surface area contributed by atoms with E-state index in [0.717, 1.165) is 19.3 Å². The summed E-state index contributed by atoms with van der Waals surface area (Å²) in [6, 6.07) is 5.46. The fourth-order valence-corrected chi connectivity index (χ4v) is 3.61. The number of halogens is 2. The summed E-state index contributed by atoms with van der Waals surface area (Å²) in [4.78, 5) is 24.9. The Balaban J connectivity index is 1.41. The maximum Gasteiger partial charge on any atom is 0.413 e. The van der Waals surface area contributed by atoms with Gasteiger partial charge in [0.2, 0.25) is 0 Å². The summed E-state index contributed by atoms with van der Waals surface area (Å²) in [5, 5.41) is 3.48. The van der Waals surface area contributed by atoms with Crippen molar-refractivity contribution in [3.63, 3.8) is 0 Å². The molecule has 0 radical (unpaired) electrons. The van der Waals surface area contributed by atoms with Gasteiger partial charge in [-0.3, -0.25) is 9.69 Å². The van der Waals surface area contributed by atoms with E-state index in [0.29, 0.717) is 6.54 Å². The predicted molar refractivity (Wildman–Crippen MR) is 94.0 cm³/mol. The minimum atomic E-state index is -0.736. The van der Waals surface area contributed by atoms with Gasteiger partial charge in [0.05, 0.1) is 5.02 Å². The van der Waals surface area contributed by atoms with Crippen LogP contribution in [0.5, 0.6) is 5.75 Å². The smallest absolute Gasteiger partial charge is 0.413 e. The summed E-state index contributed by atoms with van der Waals surface area (Å²) < 4.78 is 29.7. The summed E-state index contributed by atoms with van der Waals surface area (Å²) in [6.45, 7) is 0.292. The van der Waals surface area contributed by atoms with Gasteiger partial charge in [-0.05, 0) is 25.0 Å². The number of ether oxygens (including phenoxy) is 2. The molecule has 1 saturated carbocycles. The number of carbonyl (C=O) groups is 2. The van der Waals surface area contributed by atoms with Crippen LogP contribution in [-0.4, -0.2) is 34.8 Å². The molecule has 2 aromatic rings. The van der Waals surface area contributed by atoms with Crippen LogP contribution in [0.2, 0.25) is 5.02 Å². The quantitative estimate of drug-likeness (QED) is 0.812. The topological polar surface area (TPSA) is 108 Å². The Bertz CT molecular complexity index is 930. The molecular formula is C18H17ClFN3O5. The molecule has 4 rings (SSSR count). The third-order valence-corrected chi connectivity index (χ3v) is 5.47. The van der Waals surface area contributed by atoms with Gasteiger partial charge in [0.25, 0.3) is 5.91 Å². The van der Waals surface area contributed by atoms with Gasteiger partial charge in [0, 0.05) is 24.1 Å². The second-order valence-electron chi connectivity index (χ2n) is 6.99. The van der Waals surface area contributed by atoms with E-state index in [1.807, 2.05) is 0 Å². The fourth-order valence-electron chi connectivity index (χ4n) is 3.50. The number of amides is 2. The number of nitrogens with zero attached hydrogens (tertiary/aromatic N) is 2. The number of hydrogen-bond donors (Lipinski definition) is 1. The van der Waals surface area contributed by atoms with Crippen molar-refractivity contribution in [2.24, 2.45) is 11.1 Å². The van der Waals surface area contributed by atoms with Gasteiger partial charge in [-0.15, -0.1) is 0 Å². The zero-order valence-corrected chi connectivity index (χ0v) is 15.4. The minimum absolute atomic E-state index is 0.00188. The Morgan fingerprint density at radius 2 is 2.18 bits per heavy atom. The van der Waals surface area contributed by atoms with Gasteiger partial charge in [-0.1, -0.05) is 23.2 Å². The normalized spacial score (nSPS) is 19.6. The van der Waals surface area contributed by atoms with Crippen molar-refractivity contribution in [2.75, 3.05) is 6.54 Å². The van der Waals surface area contributed by atoms with Crippen molar-refractivity contribution in [2.45, 2.75) is 32.1 Å². The van der Waals surface area contributed by atoms with Crippen molar-refractivity contribution < 1.29 is 28.0 Å². The first-order valence-electron chi connectivity index (χ1n) is 8.68. The average molecular weight is 410 g/mol. The molecule has 1 aromatic heterocycles. The molecule has 1 atom stereocenters. The second-order valence-corrected chi connectivity index (χ2v) is 7.39. The van der Waals surface area contributed by atoms with Crippen molar-refractivity contribution >= 4 is 23.6 Å². The number of benzene rings is 1. The van der Waals surface area contributed by atoms with Gasteiger partial charge in [-0.2, -0.15) is 0 Å². The van der Waals surface area contributed by atoms with Gasteiger partial charge < -0.3 is 19.7 Å². The minimum Gasteiger partial charge on any atom is -0.470 e. The molecule has 0 bridgehead atoms. The van der Waals surface area contributed by atoms with Crippen molar-refractivity contribution in [3.8, 4) is 5.75 Å². The highest BCUT2D eigenvalue weighted by molar-refractivity contribution is 6.30. The molecule has 1 aliphatic carbocycles. The van der Waals surface area contributed by atoms with Crippen LogP contribution in [0.4, 0.5) is 9.18 Å². The summed E-state index contributed by atoms with van der Waals surface area (Å²) in [6.07, 6.45) is 1.73. The number of rotatable bonds is 5. The van der Waals surface area contributed by atoms with Gasteiger partial charge in [0.15, 0.2) is 24.3 Å². The van der Waals surface area contributed by atoms with Crippen molar-refractivity contribution in [3.05, 3.63) is 46.6 Å². The van der Waals surface area contributed by atoms with E-state index < -0.39 is 24.0 Å². The molecule has 2 heterocycles. The molecule has 1 unspecified atom stereocenters. The molecule has 8 nitrogen and oxygen atoms in total. The lowest BCUT2D eigenvalue weighted by atomic mass is 9.62. The molecule has 1 aromatic carbocycles. The molecule has 2 aliphatic rings. The first kappa shape index (κ1) is 18.5. The molecule has 1 spiro atoms. The lowest BCUT2D eigenvalue weighted by molar-refractivity contribution is -0.197. The molecule has 28 heavy (non-hydrogen) atoms. The summed E-state index contributed by atoms with van der Waals surface area (Å²) >= 11 is 5.70. The van der Waals surface area contributed by atoms with E-state index in [9.17, 15) is 14.0 Å².